The standard InChI is InChI=1S/C26H30N4O/c1-2-6-24(7-3-1)26-20-29(21-31-26)18-22-8-10-25(11-9-22)30-15-13-28(14-16-30)19-23-5-4-12-27-17-23/h1-12,17,26H,13-16,18-21H2/t26-/m0/s1. The molecule has 5 nitrogen and oxygen atoms in total. The van der Waals surface area contributed by atoms with Crippen molar-refractivity contribution in [3.8, 4) is 0 Å². The van der Waals surface area contributed by atoms with E-state index in [0.717, 1.165) is 45.8 Å². The Labute approximate surface area is 184 Å². The maximum atomic E-state index is 6.00. The zero-order chi connectivity index (χ0) is 20.9. The van der Waals surface area contributed by atoms with Gasteiger partial charge in [-0.05, 0) is 34.9 Å². The second kappa shape index (κ2) is 9.60. The third-order valence-corrected chi connectivity index (χ3v) is 6.26. The van der Waals surface area contributed by atoms with Crippen LogP contribution in [0.5, 0.6) is 0 Å². The quantitative estimate of drug-likeness (QED) is 0.610. The molecular weight excluding hydrogens is 384 g/mol. The summed E-state index contributed by atoms with van der Waals surface area (Å²) < 4.78 is 6.00. The molecule has 5 rings (SSSR count). The maximum Gasteiger partial charge on any atom is 0.100 e. The fourth-order valence-electron chi connectivity index (χ4n) is 4.50. The topological polar surface area (TPSA) is 31.8 Å². The zero-order valence-corrected chi connectivity index (χ0v) is 17.9. The van der Waals surface area contributed by atoms with Crippen molar-refractivity contribution < 1.29 is 4.74 Å². The van der Waals surface area contributed by atoms with Gasteiger partial charge in [0.05, 0.1) is 6.10 Å². The van der Waals surface area contributed by atoms with E-state index in [9.17, 15) is 0 Å². The lowest BCUT2D eigenvalue weighted by molar-refractivity contribution is 0.0880. The zero-order valence-electron chi connectivity index (χ0n) is 17.9. The molecule has 0 radical (unpaired) electrons. The predicted octanol–water partition coefficient (Wildman–Crippen LogP) is 3.93. The van der Waals surface area contributed by atoms with Crippen molar-refractivity contribution in [2.24, 2.45) is 0 Å². The van der Waals surface area contributed by atoms with Crippen LogP contribution in [0.15, 0.2) is 79.1 Å². The van der Waals surface area contributed by atoms with Crippen molar-refractivity contribution in [2.45, 2.75) is 19.2 Å². The van der Waals surface area contributed by atoms with Gasteiger partial charge in [0.1, 0.15) is 6.73 Å². The molecule has 2 aliphatic heterocycles. The summed E-state index contributed by atoms with van der Waals surface area (Å²) in [5.41, 5.74) is 5.23. The van der Waals surface area contributed by atoms with Gasteiger partial charge >= 0.3 is 0 Å². The van der Waals surface area contributed by atoms with Crippen LogP contribution in [-0.4, -0.2) is 54.2 Å². The Morgan fingerprint density at radius 1 is 0.774 bits per heavy atom. The number of ether oxygens (including phenoxy) is 1. The number of piperazine rings is 1. The predicted molar refractivity (Wildman–Crippen MR) is 124 cm³/mol. The minimum absolute atomic E-state index is 0.184. The molecule has 0 saturated carbocycles. The normalized spacial score (nSPS) is 20.3. The van der Waals surface area contributed by atoms with Crippen molar-refractivity contribution in [2.75, 3.05) is 44.4 Å². The number of rotatable bonds is 6. The van der Waals surface area contributed by atoms with Gasteiger partial charge in [0, 0.05) is 63.9 Å². The summed E-state index contributed by atoms with van der Waals surface area (Å²) in [7, 11) is 0. The fourth-order valence-corrected chi connectivity index (χ4v) is 4.50. The monoisotopic (exact) mass is 414 g/mol. The van der Waals surface area contributed by atoms with Crippen molar-refractivity contribution in [3.05, 3.63) is 95.8 Å². The SMILES string of the molecule is c1ccc([C@@H]2CN(Cc3ccc(N4CCN(Cc5cccnc5)CC4)cc3)CO2)cc1. The molecule has 0 spiro atoms. The van der Waals surface area contributed by atoms with Crippen LogP contribution in [0.3, 0.4) is 0 Å². The number of anilines is 1. The summed E-state index contributed by atoms with van der Waals surface area (Å²) in [6.07, 6.45) is 3.99. The first-order chi connectivity index (χ1) is 15.3. The second-order valence-corrected chi connectivity index (χ2v) is 8.50. The van der Waals surface area contributed by atoms with Crippen LogP contribution < -0.4 is 4.90 Å². The third kappa shape index (κ3) is 5.13. The highest BCUT2D eigenvalue weighted by Crippen LogP contribution is 2.26. The number of nitrogens with zero attached hydrogens (tertiary/aromatic N) is 4. The maximum absolute atomic E-state index is 6.00. The highest BCUT2D eigenvalue weighted by molar-refractivity contribution is 5.48. The van der Waals surface area contributed by atoms with Crippen molar-refractivity contribution in [3.63, 3.8) is 0 Å². The van der Waals surface area contributed by atoms with E-state index in [1.54, 1.807) is 0 Å². The van der Waals surface area contributed by atoms with E-state index in [0.29, 0.717) is 6.73 Å². The largest absolute Gasteiger partial charge is 0.369 e. The van der Waals surface area contributed by atoms with Gasteiger partial charge in [-0.1, -0.05) is 48.5 Å². The third-order valence-electron chi connectivity index (χ3n) is 6.26. The smallest absolute Gasteiger partial charge is 0.100 e. The van der Waals surface area contributed by atoms with Gasteiger partial charge in [-0.3, -0.25) is 14.8 Å². The molecule has 2 aromatic carbocycles. The van der Waals surface area contributed by atoms with Gasteiger partial charge in [-0.2, -0.15) is 0 Å². The number of aromatic nitrogens is 1. The van der Waals surface area contributed by atoms with E-state index in [1.165, 1.54) is 22.4 Å². The molecule has 5 heteroatoms. The fraction of sp³-hybridized carbons (Fsp3) is 0.346. The van der Waals surface area contributed by atoms with Crippen molar-refractivity contribution in [1.82, 2.24) is 14.8 Å². The van der Waals surface area contributed by atoms with Crippen LogP contribution in [0.2, 0.25) is 0 Å². The number of benzene rings is 2. The first kappa shape index (κ1) is 20.2. The molecular formula is C26H30N4O. The summed E-state index contributed by atoms with van der Waals surface area (Å²) in [5, 5.41) is 0. The summed E-state index contributed by atoms with van der Waals surface area (Å²) in [4.78, 5) is 11.6. The van der Waals surface area contributed by atoms with Gasteiger partial charge < -0.3 is 9.64 Å². The van der Waals surface area contributed by atoms with E-state index in [-0.39, 0.29) is 6.10 Å². The van der Waals surface area contributed by atoms with Gasteiger partial charge in [0.25, 0.3) is 0 Å². The molecule has 0 unspecified atom stereocenters. The molecule has 0 amide bonds. The van der Waals surface area contributed by atoms with Gasteiger partial charge in [0.2, 0.25) is 0 Å². The molecule has 0 aliphatic carbocycles. The highest BCUT2D eigenvalue weighted by atomic mass is 16.5. The van der Waals surface area contributed by atoms with Crippen LogP contribution in [0.1, 0.15) is 22.8 Å². The lowest BCUT2D eigenvalue weighted by atomic mass is 10.1. The number of hydrogen-bond donors (Lipinski definition) is 0. The first-order valence-electron chi connectivity index (χ1n) is 11.2. The molecule has 0 N–H and O–H groups in total. The van der Waals surface area contributed by atoms with Crippen LogP contribution in [-0.2, 0) is 17.8 Å². The molecule has 0 bridgehead atoms. The summed E-state index contributed by atoms with van der Waals surface area (Å²) in [5.74, 6) is 0. The van der Waals surface area contributed by atoms with Gasteiger partial charge in [0.15, 0.2) is 0 Å². The number of pyridine rings is 1. The molecule has 1 atom stereocenters. The Bertz CT molecular complexity index is 940. The average molecular weight is 415 g/mol. The molecule has 3 heterocycles. The van der Waals surface area contributed by atoms with E-state index in [2.05, 4.69) is 80.3 Å². The lowest BCUT2D eigenvalue weighted by Crippen LogP contribution is -2.45. The van der Waals surface area contributed by atoms with Crippen LogP contribution in [0, 0.1) is 0 Å². The van der Waals surface area contributed by atoms with Crippen molar-refractivity contribution in [1.29, 1.82) is 0 Å². The minimum atomic E-state index is 0.184. The molecule has 1 aromatic heterocycles. The Kier molecular flexibility index (Phi) is 6.25. The average Bonchev–Trinajstić information content (AvgIpc) is 3.30. The van der Waals surface area contributed by atoms with Crippen LogP contribution in [0.4, 0.5) is 5.69 Å². The molecule has 3 aromatic rings. The molecule has 31 heavy (non-hydrogen) atoms. The van der Waals surface area contributed by atoms with Crippen LogP contribution in [0.25, 0.3) is 0 Å². The number of hydrogen-bond acceptors (Lipinski definition) is 5. The molecule has 2 aliphatic rings. The Morgan fingerprint density at radius 3 is 2.29 bits per heavy atom. The Balaban J connectivity index is 1.11. The highest BCUT2D eigenvalue weighted by Gasteiger charge is 2.24. The summed E-state index contributed by atoms with van der Waals surface area (Å²) >= 11 is 0. The second-order valence-electron chi connectivity index (χ2n) is 8.50. The van der Waals surface area contributed by atoms with E-state index < -0.39 is 0 Å². The Morgan fingerprint density at radius 2 is 1.55 bits per heavy atom. The lowest BCUT2D eigenvalue weighted by Gasteiger charge is -2.36. The van der Waals surface area contributed by atoms with Crippen LogP contribution >= 0.6 is 0 Å². The minimum Gasteiger partial charge on any atom is -0.369 e. The van der Waals surface area contributed by atoms with Gasteiger partial charge in [-0.25, -0.2) is 0 Å². The Hall–Kier alpha value is -2.73. The molecule has 2 saturated heterocycles. The van der Waals surface area contributed by atoms with E-state index in [4.69, 9.17) is 4.74 Å². The first-order valence-corrected chi connectivity index (χ1v) is 11.2. The van der Waals surface area contributed by atoms with E-state index >= 15 is 0 Å². The molecule has 2 fully saturated rings. The van der Waals surface area contributed by atoms with Gasteiger partial charge in [-0.15, -0.1) is 0 Å². The molecule has 160 valence electrons. The van der Waals surface area contributed by atoms with E-state index in [1.807, 2.05) is 18.5 Å². The summed E-state index contributed by atoms with van der Waals surface area (Å²) in [6, 6.07) is 23.8. The van der Waals surface area contributed by atoms with Crippen molar-refractivity contribution >= 4 is 5.69 Å². The summed E-state index contributed by atoms with van der Waals surface area (Å²) in [6.45, 7) is 7.87.